The molecule has 0 aliphatic carbocycles. The first-order valence-corrected chi connectivity index (χ1v) is 7.11. The van der Waals surface area contributed by atoms with Gasteiger partial charge in [0.1, 0.15) is 0 Å². The van der Waals surface area contributed by atoms with E-state index in [2.05, 4.69) is 27.8 Å². The summed E-state index contributed by atoms with van der Waals surface area (Å²) in [4.78, 5) is 11.8. The third kappa shape index (κ3) is 4.83. The number of hydrogen-bond donors (Lipinski definition) is 2. The van der Waals surface area contributed by atoms with E-state index in [0.29, 0.717) is 17.8 Å². The van der Waals surface area contributed by atoms with E-state index >= 15 is 0 Å². The van der Waals surface area contributed by atoms with E-state index < -0.39 is 0 Å². The monoisotopic (exact) mass is 314 g/mol. The summed E-state index contributed by atoms with van der Waals surface area (Å²) in [6.45, 7) is 4.26. The third-order valence-corrected chi connectivity index (χ3v) is 3.48. The number of rotatable bonds is 6. The number of carbonyl (C=O) groups is 1. The molecule has 3 N–H and O–H groups in total. The molecule has 0 unspecified atom stereocenters. The molecular formula is C12H15BrN2OS. The van der Waals surface area contributed by atoms with Crippen molar-refractivity contribution in [3.05, 3.63) is 40.9 Å². The van der Waals surface area contributed by atoms with Gasteiger partial charge in [0.25, 0.3) is 5.91 Å². The van der Waals surface area contributed by atoms with Gasteiger partial charge >= 0.3 is 0 Å². The minimum absolute atomic E-state index is 0.130. The molecule has 0 spiro atoms. The Balaban J connectivity index is 2.44. The van der Waals surface area contributed by atoms with Gasteiger partial charge in [-0.2, -0.15) is 11.8 Å². The van der Waals surface area contributed by atoms with Crippen LogP contribution in [0.15, 0.2) is 35.3 Å². The summed E-state index contributed by atoms with van der Waals surface area (Å²) in [7, 11) is 0. The van der Waals surface area contributed by atoms with E-state index in [0.717, 1.165) is 16.0 Å². The Labute approximate surface area is 114 Å². The van der Waals surface area contributed by atoms with Gasteiger partial charge in [-0.15, -0.1) is 6.58 Å². The van der Waals surface area contributed by atoms with Crippen molar-refractivity contribution in [2.75, 3.05) is 23.8 Å². The Hall–Kier alpha value is -0.940. The second-order valence-electron chi connectivity index (χ2n) is 3.35. The highest BCUT2D eigenvalue weighted by atomic mass is 79.9. The fourth-order valence-corrected chi connectivity index (χ4v) is 2.20. The highest BCUT2D eigenvalue weighted by Gasteiger charge is 2.08. The van der Waals surface area contributed by atoms with Gasteiger partial charge in [-0.3, -0.25) is 4.79 Å². The number of nitrogens with two attached hydrogens (primary N) is 1. The van der Waals surface area contributed by atoms with E-state index in [1.54, 1.807) is 30.0 Å². The molecule has 0 saturated heterocycles. The van der Waals surface area contributed by atoms with Crippen molar-refractivity contribution in [3.8, 4) is 0 Å². The molecule has 17 heavy (non-hydrogen) atoms. The lowest BCUT2D eigenvalue weighted by molar-refractivity contribution is 0.0957. The summed E-state index contributed by atoms with van der Waals surface area (Å²) in [5.41, 5.74) is 6.76. The average Bonchev–Trinajstić information content (AvgIpc) is 2.28. The number of carbonyl (C=O) groups excluding carboxylic acids is 1. The van der Waals surface area contributed by atoms with Crippen molar-refractivity contribution in [1.82, 2.24) is 5.32 Å². The van der Waals surface area contributed by atoms with Crippen molar-refractivity contribution in [1.29, 1.82) is 0 Å². The van der Waals surface area contributed by atoms with Crippen LogP contribution in [0.3, 0.4) is 0 Å². The molecule has 3 nitrogen and oxygen atoms in total. The normalized spacial score (nSPS) is 9.94. The van der Waals surface area contributed by atoms with E-state index in [-0.39, 0.29) is 5.91 Å². The van der Waals surface area contributed by atoms with Gasteiger partial charge in [-0.25, -0.2) is 0 Å². The maximum atomic E-state index is 11.8. The van der Waals surface area contributed by atoms with Crippen LogP contribution in [-0.4, -0.2) is 24.0 Å². The molecule has 0 radical (unpaired) electrons. The maximum absolute atomic E-state index is 11.8. The Kier molecular flexibility index (Phi) is 6.15. The van der Waals surface area contributed by atoms with Crippen molar-refractivity contribution in [3.63, 3.8) is 0 Å². The lowest BCUT2D eigenvalue weighted by atomic mass is 10.2. The summed E-state index contributed by atoms with van der Waals surface area (Å²) in [5, 5.41) is 2.83. The van der Waals surface area contributed by atoms with Crippen LogP contribution in [0.25, 0.3) is 0 Å². The molecule has 0 bridgehead atoms. The van der Waals surface area contributed by atoms with Gasteiger partial charge in [-0.05, 0) is 18.2 Å². The van der Waals surface area contributed by atoms with Gasteiger partial charge in [-0.1, -0.05) is 22.0 Å². The van der Waals surface area contributed by atoms with Crippen LogP contribution in [0.4, 0.5) is 5.69 Å². The third-order valence-electron chi connectivity index (χ3n) is 2.03. The van der Waals surface area contributed by atoms with Gasteiger partial charge < -0.3 is 11.1 Å². The van der Waals surface area contributed by atoms with E-state index in [1.807, 2.05) is 6.08 Å². The van der Waals surface area contributed by atoms with Crippen LogP contribution >= 0.6 is 27.7 Å². The van der Waals surface area contributed by atoms with Crippen molar-refractivity contribution in [2.45, 2.75) is 0 Å². The standard InChI is InChI=1S/C12H15BrN2OS/c1-2-6-17-7-5-15-12(16)10-4-3-9(13)8-11(10)14/h2-4,8H,1,5-7,14H2,(H,15,16). The SMILES string of the molecule is C=CCSCCNC(=O)c1ccc(Br)cc1N. The summed E-state index contributed by atoms with van der Waals surface area (Å²) < 4.78 is 0.869. The molecule has 1 aromatic rings. The second kappa shape index (κ2) is 7.40. The molecule has 1 amide bonds. The fourth-order valence-electron chi connectivity index (χ4n) is 1.24. The van der Waals surface area contributed by atoms with Gasteiger partial charge in [0.05, 0.1) is 5.56 Å². The molecule has 0 fully saturated rings. The number of thioether (sulfide) groups is 1. The lowest BCUT2D eigenvalue weighted by Gasteiger charge is -2.07. The molecule has 0 aliphatic rings. The van der Waals surface area contributed by atoms with Crippen molar-refractivity contribution < 1.29 is 4.79 Å². The topological polar surface area (TPSA) is 55.1 Å². The Bertz CT molecular complexity index is 409. The number of benzene rings is 1. The number of anilines is 1. The summed E-state index contributed by atoms with van der Waals surface area (Å²) >= 11 is 5.03. The average molecular weight is 315 g/mol. The van der Waals surface area contributed by atoms with E-state index in [1.165, 1.54) is 0 Å². The van der Waals surface area contributed by atoms with Crippen LogP contribution in [-0.2, 0) is 0 Å². The zero-order valence-electron chi connectivity index (χ0n) is 9.41. The van der Waals surface area contributed by atoms with Crippen LogP contribution < -0.4 is 11.1 Å². The van der Waals surface area contributed by atoms with Gasteiger partial charge in [0.2, 0.25) is 0 Å². The minimum atomic E-state index is -0.130. The predicted octanol–water partition coefficient (Wildman–Crippen LogP) is 2.68. The highest BCUT2D eigenvalue weighted by molar-refractivity contribution is 9.10. The van der Waals surface area contributed by atoms with Crippen LogP contribution in [0, 0.1) is 0 Å². The Morgan fingerprint density at radius 3 is 3.00 bits per heavy atom. The largest absolute Gasteiger partial charge is 0.398 e. The summed E-state index contributed by atoms with van der Waals surface area (Å²) in [5.74, 6) is 1.64. The van der Waals surface area contributed by atoms with Crippen LogP contribution in [0.2, 0.25) is 0 Å². The number of hydrogen-bond acceptors (Lipinski definition) is 3. The molecule has 0 heterocycles. The molecule has 0 atom stereocenters. The number of nitrogens with one attached hydrogen (secondary N) is 1. The summed E-state index contributed by atoms with van der Waals surface area (Å²) in [6.07, 6.45) is 1.85. The molecule has 0 saturated carbocycles. The van der Waals surface area contributed by atoms with Crippen LogP contribution in [0.1, 0.15) is 10.4 Å². The van der Waals surface area contributed by atoms with Crippen LogP contribution in [0.5, 0.6) is 0 Å². The van der Waals surface area contributed by atoms with Crippen molar-refractivity contribution >= 4 is 39.3 Å². The molecule has 0 aromatic heterocycles. The molecule has 1 aromatic carbocycles. The van der Waals surface area contributed by atoms with Gasteiger partial charge in [0, 0.05) is 28.2 Å². The zero-order valence-corrected chi connectivity index (χ0v) is 11.8. The maximum Gasteiger partial charge on any atom is 0.253 e. The number of nitrogen functional groups attached to an aromatic ring is 1. The van der Waals surface area contributed by atoms with Crippen molar-refractivity contribution in [2.24, 2.45) is 0 Å². The molecule has 0 aliphatic heterocycles. The molecule has 1 rings (SSSR count). The quantitative estimate of drug-likeness (QED) is 0.482. The van der Waals surface area contributed by atoms with E-state index in [4.69, 9.17) is 5.73 Å². The molecule has 5 heteroatoms. The first-order valence-electron chi connectivity index (χ1n) is 5.17. The number of halogens is 1. The minimum Gasteiger partial charge on any atom is -0.398 e. The zero-order chi connectivity index (χ0) is 12.7. The fraction of sp³-hybridized carbons (Fsp3) is 0.250. The Morgan fingerprint density at radius 2 is 2.35 bits per heavy atom. The Morgan fingerprint density at radius 1 is 1.59 bits per heavy atom. The first-order chi connectivity index (χ1) is 8.15. The highest BCUT2D eigenvalue weighted by Crippen LogP contribution is 2.18. The first kappa shape index (κ1) is 14.1. The smallest absolute Gasteiger partial charge is 0.253 e. The number of amides is 1. The molecular weight excluding hydrogens is 300 g/mol. The summed E-state index contributed by atoms with van der Waals surface area (Å²) in [6, 6.07) is 5.24. The predicted molar refractivity (Wildman–Crippen MR) is 78.4 cm³/mol. The molecule has 92 valence electrons. The van der Waals surface area contributed by atoms with Gasteiger partial charge in [0.15, 0.2) is 0 Å². The second-order valence-corrected chi connectivity index (χ2v) is 5.42. The lowest BCUT2D eigenvalue weighted by Crippen LogP contribution is -2.26. The van der Waals surface area contributed by atoms with E-state index in [9.17, 15) is 4.79 Å².